The van der Waals surface area contributed by atoms with Crippen molar-refractivity contribution < 1.29 is 9.18 Å². The molecule has 2 aromatic rings. The molecule has 0 heterocycles. The van der Waals surface area contributed by atoms with Crippen LogP contribution >= 0.6 is 0 Å². The lowest BCUT2D eigenvalue weighted by atomic mass is 10.1. The first-order valence-corrected chi connectivity index (χ1v) is 6.82. The number of halogens is 1. The van der Waals surface area contributed by atoms with Gasteiger partial charge in [-0.25, -0.2) is 4.39 Å². The molecule has 0 spiro atoms. The second kappa shape index (κ2) is 6.99. The van der Waals surface area contributed by atoms with E-state index in [1.165, 1.54) is 17.7 Å². The highest BCUT2D eigenvalue weighted by molar-refractivity contribution is 5.92. The van der Waals surface area contributed by atoms with E-state index in [-0.39, 0.29) is 18.3 Å². The molecule has 0 fully saturated rings. The van der Waals surface area contributed by atoms with Crippen LogP contribution in [-0.2, 0) is 11.3 Å². The third-order valence-corrected chi connectivity index (χ3v) is 3.09. The van der Waals surface area contributed by atoms with E-state index >= 15 is 0 Å². The molecule has 4 heteroatoms. The highest BCUT2D eigenvalue weighted by Gasteiger charge is 2.08. The van der Waals surface area contributed by atoms with Crippen molar-refractivity contribution >= 4 is 11.6 Å². The van der Waals surface area contributed by atoms with Crippen molar-refractivity contribution in [1.82, 2.24) is 4.90 Å². The van der Waals surface area contributed by atoms with Crippen molar-refractivity contribution in [2.24, 2.45) is 0 Å². The van der Waals surface area contributed by atoms with Gasteiger partial charge in [-0.2, -0.15) is 0 Å². The number of carbonyl (C=O) groups is 1. The maximum Gasteiger partial charge on any atom is 0.238 e. The standard InChI is InChI=1S/C17H19FN2O/c1-13-6-8-14(9-7-13)11-20(2)12-17(21)19-16-5-3-4-15(18)10-16/h3-10H,11-12H2,1-2H3,(H,19,21). The number of likely N-dealkylation sites (N-methyl/N-ethyl adjacent to an activating group) is 1. The number of nitrogens with one attached hydrogen (secondary N) is 1. The van der Waals surface area contributed by atoms with E-state index in [0.29, 0.717) is 12.2 Å². The summed E-state index contributed by atoms with van der Waals surface area (Å²) in [5.41, 5.74) is 2.84. The Hall–Kier alpha value is -2.20. The van der Waals surface area contributed by atoms with Crippen LogP contribution in [0.25, 0.3) is 0 Å². The Bertz CT molecular complexity index is 610. The van der Waals surface area contributed by atoms with E-state index in [9.17, 15) is 9.18 Å². The van der Waals surface area contributed by atoms with Gasteiger partial charge in [0.05, 0.1) is 6.54 Å². The van der Waals surface area contributed by atoms with Crippen LogP contribution < -0.4 is 5.32 Å². The van der Waals surface area contributed by atoms with Crippen LogP contribution in [0.15, 0.2) is 48.5 Å². The molecule has 110 valence electrons. The summed E-state index contributed by atoms with van der Waals surface area (Å²) in [6.07, 6.45) is 0. The summed E-state index contributed by atoms with van der Waals surface area (Å²) in [6.45, 7) is 2.99. The van der Waals surface area contributed by atoms with Gasteiger partial charge in [0.15, 0.2) is 0 Å². The first-order chi connectivity index (χ1) is 10.0. The molecule has 0 saturated heterocycles. The van der Waals surface area contributed by atoms with E-state index < -0.39 is 0 Å². The first kappa shape index (κ1) is 15.2. The minimum Gasteiger partial charge on any atom is -0.325 e. The van der Waals surface area contributed by atoms with Gasteiger partial charge in [-0.15, -0.1) is 0 Å². The Morgan fingerprint density at radius 1 is 1.19 bits per heavy atom. The van der Waals surface area contributed by atoms with Gasteiger partial charge in [0, 0.05) is 12.2 Å². The topological polar surface area (TPSA) is 32.3 Å². The van der Waals surface area contributed by atoms with E-state index in [4.69, 9.17) is 0 Å². The SMILES string of the molecule is Cc1ccc(CN(C)CC(=O)Nc2cccc(F)c2)cc1. The quantitative estimate of drug-likeness (QED) is 0.915. The number of aryl methyl sites for hydroxylation is 1. The van der Waals surface area contributed by atoms with Gasteiger partial charge in [-0.1, -0.05) is 35.9 Å². The Morgan fingerprint density at radius 2 is 1.90 bits per heavy atom. The number of hydrogen-bond acceptors (Lipinski definition) is 2. The molecule has 2 aromatic carbocycles. The number of benzene rings is 2. The zero-order valence-electron chi connectivity index (χ0n) is 12.3. The van der Waals surface area contributed by atoms with Crippen LogP contribution in [0.3, 0.4) is 0 Å². The molecule has 0 atom stereocenters. The Balaban J connectivity index is 1.86. The van der Waals surface area contributed by atoms with E-state index in [0.717, 1.165) is 5.56 Å². The van der Waals surface area contributed by atoms with Gasteiger partial charge in [-0.05, 0) is 37.7 Å². The molecular formula is C17H19FN2O. The number of anilines is 1. The van der Waals surface area contributed by atoms with Gasteiger partial charge in [0.25, 0.3) is 0 Å². The van der Waals surface area contributed by atoms with Crippen LogP contribution in [0.1, 0.15) is 11.1 Å². The summed E-state index contributed by atoms with van der Waals surface area (Å²) in [5, 5.41) is 2.69. The lowest BCUT2D eigenvalue weighted by Crippen LogP contribution is -2.29. The second-order valence-corrected chi connectivity index (χ2v) is 5.22. The minimum atomic E-state index is -0.360. The van der Waals surface area contributed by atoms with Gasteiger partial charge >= 0.3 is 0 Å². The van der Waals surface area contributed by atoms with Crippen LogP contribution in [0.5, 0.6) is 0 Å². The molecule has 0 bridgehead atoms. The molecule has 0 saturated carbocycles. The molecule has 2 rings (SSSR count). The highest BCUT2D eigenvalue weighted by Crippen LogP contribution is 2.09. The van der Waals surface area contributed by atoms with Crippen LogP contribution in [0, 0.1) is 12.7 Å². The average molecular weight is 286 g/mol. The van der Waals surface area contributed by atoms with Gasteiger partial charge < -0.3 is 5.32 Å². The summed E-state index contributed by atoms with van der Waals surface area (Å²) in [7, 11) is 1.88. The summed E-state index contributed by atoms with van der Waals surface area (Å²) < 4.78 is 13.0. The molecule has 0 aliphatic carbocycles. The normalized spacial score (nSPS) is 10.7. The number of nitrogens with zero attached hydrogens (tertiary/aromatic N) is 1. The number of amides is 1. The predicted molar refractivity (Wildman–Crippen MR) is 82.5 cm³/mol. The molecular weight excluding hydrogens is 267 g/mol. The molecule has 0 radical (unpaired) electrons. The van der Waals surface area contributed by atoms with Gasteiger partial charge in [0.2, 0.25) is 5.91 Å². The molecule has 0 aliphatic rings. The van der Waals surface area contributed by atoms with Gasteiger partial charge in [-0.3, -0.25) is 9.69 Å². The maximum atomic E-state index is 13.0. The molecule has 21 heavy (non-hydrogen) atoms. The second-order valence-electron chi connectivity index (χ2n) is 5.22. The third-order valence-electron chi connectivity index (χ3n) is 3.09. The average Bonchev–Trinajstić information content (AvgIpc) is 2.41. The van der Waals surface area contributed by atoms with Crippen LogP contribution in [-0.4, -0.2) is 24.4 Å². The summed E-state index contributed by atoms with van der Waals surface area (Å²) in [5.74, 6) is -0.518. The maximum absolute atomic E-state index is 13.0. The predicted octanol–water partition coefficient (Wildman–Crippen LogP) is 3.20. The number of carbonyl (C=O) groups excluding carboxylic acids is 1. The Kier molecular flexibility index (Phi) is 5.06. The smallest absolute Gasteiger partial charge is 0.238 e. The minimum absolute atomic E-state index is 0.157. The molecule has 1 amide bonds. The van der Waals surface area contributed by atoms with E-state index in [1.807, 2.05) is 18.9 Å². The molecule has 1 N–H and O–H groups in total. The van der Waals surface area contributed by atoms with Crippen LogP contribution in [0.4, 0.5) is 10.1 Å². The summed E-state index contributed by atoms with van der Waals surface area (Å²) >= 11 is 0. The van der Waals surface area contributed by atoms with Crippen molar-refractivity contribution in [3.05, 3.63) is 65.5 Å². The first-order valence-electron chi connectivity index (χ1n) is 6.82. The summed E-state index contributed by atoms with van der Waals surface area (Å²) in [6, 6.07) is 14.1. The fourth-order valence-corrected chi connectivity index (χ4v) is 2.07. The van der Waals surface area contributed by atoms with Crippen molar-refractivity contribution in [2.75, 3.05) is 18.9 Å². The van der Waals surface area contributed by atoms with Crippen LogP contribution in [0.2, 0.25) is 0 Å². The van der Waals surface area contributed by atoms with Crippen molar-refractivity contribution in [1.29, 1.82) is 0 Å². The van der Waals surface area contributed by atoms with Crippen molar-refractivity contribution in [3.8, 4) is 0 Å². The molecule has 0 aliphatic heterocycles. The Labute approximate surface area is 124 Å². The van der Waals surface area contributed by atoms with E-state index in [2.05, 4.69) is 29.6 Å². The zero-order chi connectivity index (χ0) is 15.2. The third kappa shape index (κ3) is 5.00. The molecule has 3 nitrogen and oxygen atoms in total. The fraction of sp³-hybridized carbons (Fsp3) is 0.235. The summed E-state index contributed by atoms with van der Waals surface area (Å²) in [4.78, 5) is 13.8. The zero-order valence-corrected chi connectivity index (χ0v) is 12.3. The molecule has 0 aromatic heterocycles. The molecule has 0 unspecified atom stereocenters. The number of hydrogen-bond donors (Lipinski definition) is 1. The highest BCUT2D eigenvalue weighted by atomic mass is 19.1. The monoisotopic (exact) mass is 286 g/mol. The van der Waals surface area contributed by atoms with E-state index in [1.54, 1.807) is 12.1 Å². The van der Waals surface area contributed by atoms with Crippen molar-refractivity contribution in [2.45, 2.75) is 13.5 Å². The fourth-order valence-electron chi connectivity index (χ4n) is 2.07. The number of rotatable bonds is 5. The lowest BCUT2D eigenvalue weighted by molar-refractivity contribution is -0.117. The Morgan fingerprint density at radius 3 is 2.57 bits per heavy atom. The lowest BCUT2D eigenvalue weighted by Gasteiger charge is -2.16. The van der Waals surface area contributed by atoms with Crippen molar-refractivity contribution in [3.63, 3.8) is 0 Å². The van der Waals surface area contributed by atoms with Gasteiger partial charge in [0.1, 0.15) is 5.82 Å². The largest absolute Gasteiger partial charge is 0.325 e.